The monoisotopic (exact) mass is 206 g/mol. The van der Waals surface area contributed by atoms with Crippen LogP contribution in [0.3, 0.4) is 0 Å². The molecule has 1 aromatic carbocycles. The van der Waals surface area contributed by atoms with Crippen molar-refractivity contribution < 1.29 is 9.59 Å². The molecule has 1 rings (SSSR count). The third-order valence-corrected chi connectivity index (χ3v) is 2.41. The van der Waals surface area contributed by atoms with Crippen LogP contribution >= 0.6 is 0 Å². The van der Waals surface area contributed by atoms with Gasteiger partial charge in [-0.05, 0) is 0 Å². The highest BCUT2D eigenvalue weighted by atomic mass is 16.3. The number of hydrogen-bond donors (Lipinski definition) is 1. The Morgan fingerprint density at radius 3 is 2.47 bits per heavy atom. The number of aliphatic hydroxyl groups excluding tert-OH is 1. The smallest absolute Gasteiger partial charge is 0.121 e. The van der Waals surface area contributed by atoms with Crippen molar-refractivity contribution in [3.63, 3.8) is 0 Å². The maximum Gasteiger partial charge on any atom is 0.121 e. The number of aliphatic hydroxyl groups is 1. The zero-order valence-corrected chi connectivity index (χ0v) is 9.56. The van der Waals surface area contributed by atoms with Crippen molar-refractivity contribution >= 4 is 0 Å². The molecule has 0 radical (unpaired) electrons. The summed E-state index contributed by atoms with van der Waals surface area (Å²) in [7, 11) is 4.22. The topological polar surface area (TPSA) is 20.2 Å². The molecule has 82 valence electrons. The van der Waals surface area contributed by atoms with Crippen LogP contribution in [-0.2, 0) is 6.54 Å². The minimum atomic E-state index is -0.427. The van der Waals surface area contributed by atoms with E-state index >= 15 is 0 Å². The van der Waals surface area contributed by atoms with Gasteiger partial charge >= 0.3 is 0 Å². The molecule has 2 nitrogen and oxygen atoms in total. The molecule has 0 spiro atoms. The summed E-state index contributed by atoms with van der Waals surface area (Å²) >= 11 is 0. The molecule has 0 bridgehead atoms. The molecule has 0 amide bonds. The molecule has 15 heavy (non-hydrogen) atoms. The summed E-state index contributed by atoms with van der Waals surface area (Å²) in [6.45, 7) is 5.21. The Kier molecular flexibility index (Phi) is 4.06. The number of quaternary nitrogens is 1. The van der Waals surface area contributed by atoms with E-state index in [9.17, 15) is 5.11 Å². The third kappa shape index (κ3) is 4.28. The third-order valence-electron chi connectivity index (χ3n) is 2.41. The molecule has 1 N–H and O–H groups in total. The predicted octanol–water partition coefficient (Wildman–Crippen LogP) is 1.81. The fourth-order valence-electron chi connectivity index (χ4n) is 1.72. The molecule has 0 aromatic heterocycles. The van der Waals surface area contributed by atoms with Crippen LogP contribution in [0.15, 0.2) is 43.0 Å². The first-order valence-corrected chi connectivity index (χ1v) is 5.20. The molecule has 1 atom stereocenters. The Balaban J connectivity index is 2.60. The number of rotatable bonds is 5. The van der Waals surface area contributed by atoms with Crippen LogP contribution in [0.2, 0.25) is 0 Å². The molecule has 0 saturated carbocycles. The Morgan fingerprint density at radius 1 is 1.33 bits per heavy atom. The van der Waals surface area contributed by atoms with Crippen molar-refractivity contribution in [1.82, 2.24) is 0 Å². The molecule has 1 unspecified atom stereocenters. The zero-order chi connectivity index (χ0) is 11.3. The van der Waals surface area contributed by atoms with Crippen molar-refractivity contribution in [3.05, 3.63) is 48.6 Å². The number of benzene rings is 1. The van der Waals surface area contributed by atoms with Gasteiger partial charge < -0.3 is 9.59 Å². The number of hydrogen-bond acceptors (Lipinski definition) is 1. The second-order valence-corrected chi connectivity index (χ2v) is 4.57. The van der Waals surface area contributed by atoms with E-state index in [1.807, 2.05) is 18.2 Å². The average Bonchev–Trinajstić information content (AvgIpc) is 2.17. The Hall–Kier alpha value is -1.12. The molecule has 0 aliphatic rings. The maximum absolute atomic E-state index is 9.54. The van der Waals surface area contributed by atoms with Crippen LogP contribution in [-0.4, -0.2) is 36.3 Å². The molecular weight excluding hydrogens is 186 g/mol. The van der Waals surface area contributed by atoms with E-state index in [0.717, 1.165) is 11.0 Å². The van der Waals surface area contributed by atoms with E-state index in [1.54, 1.807) is 6.08 Å². The standard InChI is InChI=1S/C13H20NO/c1-4-13(15)11-14(2,3)10-12-8-6-5-7-9-12/h4-9,13,15H,1,10-11H2,2-3H3/q+1. The fourth-order valence-corrected chi connectivity index (χ4v) is 1.72. The predicted molar refractivity (Wildman–Crippen MR) is 63.3 cm³/mol. The Bertz CT molecular complexity index is 306. The molecular formula is C13H20NO+. The average molecular weight is 206 g/mol. The first-order chi connectivity index (χ1) is 7.03. The lowest BCUT2D eigenvalue weighted by atomic mass is 10.2. The van der Waals surface area contributed by atoms with Crippen molar-refractivity contribution in [2.45, 2.75) is 12.6 Å². The molecule has 0 aliphatic carbocycles. The molecule has 1 aromatic rings. The summed E-state index contributed by atoms with van der Waals surface area (Å²) in [5.41, 5.74) is 1.29. The lowest BCUT2D eigenvalue weighted by Gasteiger charge is -2.31. The van der Waals surface area contributed by atoms with Gasteiger partial charge in [-0.25, -0.2) is 0 Å². The van der Waals surface area contributed by atoms with E-state index in [-0.39, 0.29) is 0 Å². The van der Waals surface area contributed by atoms with Crippen LogP contribution in [0.4, 0.5) is 0 Å². The van der Waals surface area contributed by atoms with Gasteiger partial charge in [-0.1, -0.05) is 36.4 Å². The fraction of sp³-hybridized carbons (Fsp3) is 0.385. The van der Waals surface area contributed by atoms with Gasteiger partial charge in [0, 0.05) is 5.56 Å². The summed E-state index contributed by atoms with van der Waals surface area (Å²) in [4.78, 5) is 0. The van der Waals surface area contributed by atoms with Gasteiger partial charge in [-0.3, -0.25) is 0 Å². The minimum Gasteiger partial charge on any atom is -0.383 e. The van der Waals surface area contributed by atoms with Gasteiger partial charge in [-0.15, -0.1) is 6.58 Å². The Morgan fingerprint density at radius 2 is 1.93 bits per heavy atom. The normalized spacial score (nSPS) is 13.5. The molecule has 0 heterocycles. The van der Waals surface area contributed by atoms with Crippen LogP contribution < -0.4 is 0 Å². The van der Waals surface area contributed by atoms with E-state index in [0.29, 0.717) is 6.54 Å². The zero-order valence-electron chi connectivity index (χ0n) is 9.56. The van der Waals surface area contributed by atoms with Gasteiger partial charge in [-0.2, -0.15) is 0 Å². The van der Waals surface area contributed by atoms with Crippen molar-refractivity contribution in [1.29, 1.82) is 0 Å². The van der Waals surface area contributed by atoms with Crippen LogP contribution in [0.5, 0.6) is 0 Å². The van der Waals surface area contributed by atoms with E-state index in [4.69, 9.17) is 0 Å². The second-order valence-electron chi connectivity index (χ2n) is 4.57. The maximum atomic E-state index is 9.54. The van der Waals surface area contributed by atoms with E-state index in [1.165, 1.54) is 5.56 Å². The SMILES string of the molecule is C=CC(O)C[N+](C)(C)Cc1ccccc1. The molecule has 2 heteroatoms. The van der Waals surface area contributed by atoms with E-state index < -0.39 is 6.10 Å². The van der Waals surface area contributed by atoms with Crippen molar-refractivity contribution in [3.8, 4) is 0 Å². The van der Waals surface area contributed by atoms with Gasteiger partial charge in [0.25, 0.3) is 0 Å². The van der Waals surface area contributed by atoms with Gasteiger partial charge in [0.2, 0.25) is 0 Å². The number of nitrogens with zero attached hydrogens (tertiary/aromatic N) is 1. The summed E-state index contributed by atoms with van der Waals surface area (Å²) in [6.07, 6.45) is 1.16. The van der Waals surface area contributed by atoms with Gasteiger partial charge in [0.15, 0.2) is 0 Å². The highest BCUT2D eigenvalue weighted by molar-refractivity contribution is 5.13. The number of likely N-dealkylation sites (N-methyl/N-ethyl adjacent to an activating group) is 1. The minimum absolute atomic E-state index is 0.427. The van der Waals surface area contributed by atoms with Crippen molar-refractivity contribution in [2.75, 3.05) is 20.6 Å². The van der Waals surface area contributed by atoms with Gasteiger partial charge in [0.1, 0.15) is 19.2 Å². The summed E-state index contributed by atoms with van der Waals surface area (Å²) in [6, 6.07) is 10.3. The lowest BCUT2D eigenvalue weighted by Crippen LogP contribution is -2.44. The van der Waals surface area contributed by atoms with Crippen molar-refractivity contribution in [2.24, 2.45) is 0 Å². The van der Waals surface area contributed by atoms with Crippen LogP contribution in [0.1, 0.15) is 5.56 Å². The summed E-state index contributed by atoms with van der Waals surface area (Å²) in [5, 5.41) is 9.54. The second kappa shape index (κ2) is 5.10. The molecule has 0 aliphatic heterocycles. The first kappa shape index (κ1) is 12.0. The van der Waals surface area contributed by atoms with E-state index in [2.05, 4.69) is 32.8 Å². The Labute approximate surface area is 92.1 Å². The molecule has 0 saturated heterocycles. The first-order valence-electron chi connectivity index (χ1n) is 5.20. The largest absolute Gasteiger partial charge is 0.383 e. The quantitative estimate of drug-likeness (QED) is 0.575. The highest BCUT2D eigenvalue weighted by Crippen LogP contribution is 2.09. The summed E-state index contributed by atoms with van der Waals surface area (Å²) < 4.78 is 0.761. The van der Waals surface area contributed by atoms with Gasteiger partial charge in [0.05, 0.1) is 14.1 Å². The van der Waals surface area contributed by atoms with Crippen LogP contribution in [0, 0.1) is 0 Å². The lowest BCUT2D eigenvalue weighted by molar-refractivity contribution is -0.905. The highest BCUT2D eigenvalue weighted by Gasteiger charge is 2.18. The molecule has 0 fully saturated rings. The van der Waals surface area contributed by atoms with Crippen LogP contribution in [0.25, 0.3) is 0 Å². The summed E-state index contributed by atoms with van der Waals surface area (Å²) in [5.74, 6) is 0.